The summed E-state index contributed by atoms with van der Waals surface area (Å²) in [5, 5.41) is 16.9. The number of nitrogens with one attached hydrogen (secondary N) is 3. The molecule has 0 unspecified atom stereocenters. The van der Waals surface area contributed by atoms with Crippen LogP contribution in [0.1, 0.15) is 33.2 Å². The fourth-order valence-electron chi connectivity index (χ4n) is 2.58. The molecule has 2 amide bonds. The molecule has 7 nitrogen and oxygen atoms in total. The van der Waals surface area contributed by atoms with Crippen molar-refractivity contribution in [2.45, 2.75) is 6.92 Å². The summed E-state index contributed by atoms with van der Waals surface area (Å²) in [5.74, 6) is -1.32. The molecule has 29 heavy (non-hydrogen) atoms. The summed E-state index contributed by atoms with van der Waals surface area (Å²) in [6.07, 6.45) is 1.31. The van der Waals surface area contributed by atoms with E-state index in [1.165, 1.54) is 23.0 Å². The number of rotatable bonds is 5. The van der Waals surface area contributed by atoms with Crippen molar-refractivity contribution < 1.29 is 14.0 Å². The van der Waals surface area contributed by atoms with Crippen molar-refractivity contribution in [1.82, 2.24) is 9.78 Å². The molecule has 1 heterocycles. The summed E-state index contributed by atoms with van der Waals surface area (Å²) in [4.78, 5) is 25.2. The zero-order valence-corrected chi connectivity index (χ0v) is 16.3. The zero-order valence-electron chi connectivity index (χ0n) is 15.6. The molecule has 0 saturated heterocycles. The Morgan fingerprint density at radius 3 is 2.34 bits per heavy atom. The zero-order chi connectivity index (χ0) is 21.1. The van der Waals surface area contributed by atoms with E-state index in [4.69, 9.17) is 17.0 Å². The van der Waals surface area contributed by atoms with E-state index in [1.807, 2.05) is 0 Å². The van der Waals surface area contributed by atoms with Gasteiger partial charge in [0.05, 0.1) is 16.9 Å². The molecule has 0 aliphatic carbocycles. The standard InChI is InChI=1S/C20H17ClFN5O2/c1-11(23)12-3-5-13(6-4-12)19(28)26-18-15(10-24-27(18)2)20(29)25-17-8-7-14(22)9-16(17)21/h3-10,23H,1-2H3,(H,25,29)(H,26,28). The molecule has 9 heteroatoms. The number of hydrogen-bond acceptors (Lipinski definition) is 4. The van der Waals surface area contributed by atoms with Gasteiger partial charge in [0.15, 0.2) is 0 Å². The van der Waals surface area contributed by atoms with Gasteiger partial charge in [0.2, 0.25) is 0 Å². The Balaban J connectivity index is 1.80. The van der Waals surface area contributed by atoms with E-state index in [0.717, 1.165) is 6.07 Å². The average Bonchev–Trinajstić information content (AvgIpc) is 3.04. The second kappa shape index (κ2) is 8.24. The Kier molecular flexibility index (Phi) is 5.74. The highest BCUT2D eigenvalue weighted by atomic mass is 35.5. The van der Waals surface area contributed by atoms with Crippen LogP contribution in [0.25, 0.3) is 0 Å². The van der Waals surface area contributed by atoms with Gasteiger partial charge in [0, 0.05) is 18.3 Å². The van der Waals surface area contributed by atoms with Crippen LogP contribution in [0.15, 0.2) is 48.7 Å². The van der Waals surface area contributed by atoms with E-state index in [9.17, 15) is 14.0 Å². The second-order valence-electron chi connectivity index (χ2n) is 6.27. The summed E-state index contributed by atoms with van der Waals surface area (Å²) >= 11 is 5.95. The van der Waals surface area contributed by atoms with Gasteiger partial charge in [-0.25, -0.2) is 4.39 Å². The maximum Gasteiger partial charge on any atom is 0.261 e. The van der Waals surface area contributed by atoms with E-state index in [2.05, 4.69) is 15.7 Å². The summed E-state index contributed by atoms with van der Waals surface area (Å²) in [6, 6.07) is 10.1. The molecule has 148 valence electrons. The van der Waals surface area contributed by atoms with Crippen molar-refractivity contribution in [3.05, 3.63) is 76.2 Å². The molecule has 0 saturated carbocycles. The predicted molar refractivity (Wildman–Crippen MR) is 109 cm³/mol. The first kappa shape index (κ1) is 20.2. The van der Waals surface area contributed by atoms with Gasteiger partial charge < -0.3 is 16.0 Å². The smallest absolute Gasteiger partial charge is 0.261 e. The largest absolute Gasteiger partial charge is 0.320 e. The van der Waals surface area contributed by atoms with Crippen molar-refractivity contribution in [3.63, 3.8) is 0 Å². The van der Waals surface area contributed by atoms with E-state index < -0.39 is 17.6 Å². The molecule has 0 fully saturated rings. The normalized spacial score (nSPS) is 10.5. The van der Waals surface area contributed by atoms with Crippen molar-refractivity contribution in [3.8, 4) is 0 Å². The number of carbonyl (C=O) groups is 2. The third-order valence-electron chi connectivity index (χ3n) is 4.17. The van der Waals surface area contributed by atoms with Crippen LogP contribution in [0, 0.1) is 11.2 Å². The number of aryl methyl sites for hydroxylation is 1. The van der Waals surface area contributed by atoms with Crippen LogP contribution in [0.4, 0.5) is 15.9 Å². The van der Waals surface area contributed by atoms with Crippen LogP contribution < -0.4 is 10.6 Å². The number of amides is 2. The maximum atomic E-state index is 13.2. The summed E-state index contributed by atoms with van der Waals surface area (Å²) < 4.78 is 14.5. The monoisotopic (exact) mass is 413 g/mol. The number of halogens is 2. The van der Waals surface area contributed by atoms with Crippen molar-refractivity contribution in [1.29, 1.82) is 5.41 Å². The fourth-order valence-corrected chi connectivity index (χ4v) is 2.80. The third kappa shape index (κ3) is 4.49. The molecular weight excluding hydrogens is 397 g/mol. The Morgan fingerprint density at radius 2 is 1.72 bits per heavy atom. The lowest BCUT2D eigenvalue weighted by Crippen LogP contribution is -2.19. The third-order valence-corrected chi connectivity index (χ3v) is 4.49. The fraction of sp³-hybridized carbons (Fsp3) is 0.100. The Morgan fingerprint density at radius 1 is 1.07 bits per heavy atom. The van der Waals surface area contributed by atoms with Gasteiger partial charge >= 0.3 is 0 Å². The van der Waals surface area contributed by atoms with Gasteiger partial charge in [-0.05, 0) is 42.8 Å². The highest BCUT2D eigenvalue weighted by molar-refractivity contribution is 6.34. The van der Waals surface area contributed by atoms with Crippen molar-refractivity contribution in [2.24, 2.45) is 7.05 Å². The van der Waals surface area contributed by atoms with Gasteiger partial charge in [-0.2, -0.15) is 5.10 Å². The van der Waals surface area contributed by atoms with E-state index in [1.54, 1.807) is 38.2 Å². The number of carbonyl (C=O) groups excluding carboxylic acids is 2. The van der Waals surface area contributed by atoms with E-state index in [-0.39, 0.29) is 22.1 Å². The first-order valence-electron chi connectivity index (χ1n) is 8.51. The van der Waals surface area contributed by atoms with Crippen LogP contribution in [0.2, 0.25) is 5.02 Å². The quantitative estimate of drug-likeness (QED) is 0.549. The predicted octanol–water partition coefficient (Wildman–Crippen LogP) is 4.10. The molecule has 1 aromatic heterocycles. The minimum Gasteiger partial charge on any atom is -0.320 e. The molecule has 0 aliphatic rings. The number of hydrogen-bond donors (Lipinski definition) is 3. The van der Waals surface area contributed by atoms with Gasteiger partial charge in [-0.15, -0.1) is 0 Å². The first-order valence-corrected chi connectivity index (χ1v) is 8.89. The summed E-state index contributed by atoms with van der Waals surface area (Å²) in [7, 11) is 1.58. The lowest BCUT2D eigenvalue weighted by Gasteiger charge is -2.10. The minimum atomic E-state index is -0.559. The van der Waals surface area contributed by atoms with Crippen LogP contribution in [-0.2, 0) is 7.05 Å². The van der Waals surface area contributed by atoms with Crippen LogP contribution in [0.3, 0.4) is 0 Å². The number of nitrogens with zero attached hydrogens (tertiary/aromatic N) is 2. The van der Waals surface area contributed by atoms with E-state index >= 15 is 0 Å². The minimum absolute atomic E-state index is 0.0504. The molecule has 0 atom stereocenters. The molecule has 0 radical (unpaired) electrons. The van der Waals surface area contributed by atoms with Crippen molar-refractivity contribution >= 4 is 40.6 Å². The SMILES string of the molecule is CC(=N)c1ccc(C(=O)Nc2c(C(=O)Nc3ccc(F)cc3Cl)cnn2C)cc1. The molecule has 0 spiro atoms. The number of anilines is 2. The van der Waals surface area contributed by atoms with Crippen molar-refractivity contribution in [2.75, 3.05) is 10.6 Å². The number of benzene rings is 2. The summed E-state index contributed by atoms with van der Waals surface area (Å²) in [5.41, 5.74) is 1.81. The van der Waals surface area contributed by atoms with Gasteiger partial charge in [-0.1, -0.05) is 23.7 Å². The molecular formula is C20H17ClFN5O2. The molecule has 3 rings (SSSR count). The molecule has 2 aromatic carbocycles. The lowest BCUT2D eigenvalue weighted by atomic mass is 10.1. The van der Waals surface area contributed by atoms with E-state index in [0.29, 0.717) is 16.8 Å². The Hall–Kier alpha value is -3.52. The molecule has 0 bridgehead atoms. The maximum absolute atomic E-state index is 13.2. The Bertz CT molecular complexity index is 1110. The number of aromatic nitrogens is 2. The highest BCUT2D eigenvalue weighted by Gasteiger charge is 2.20. The highest BCUT2D eigenvalue weighted by Crippen LogP contribution is 2.24. The summed E-state index contributed by atoms with van der Waals surface area (Å²) in [6.45, 7) is 1.66. The average molecular weight is 414 g/mol. The van der Waals surface area contributed by atoms with Crippen LogP contribution in [0.5, 0.6) is 0 Å². The first-order chi connectivity index (χ1) is 13.8. The van der Waals surface area contributed by atoms with Gasteiger partial charge in [0.25, 0.3) is 11.8 Å². The van der Waals surface area contributed by atoms with Crippen LogP contribution >= 0.6 is 11.6 Å². The molecule has 3 N–H and O–H groups in total. The van der Waals surface area contributed by atoms with Gasteiger partial charge in [0.1, 0.15) is 17.2 Å². The molecule has 0 aliphatic heterocycles. The second-order valence-corrected chi connectivity index (χ2v) is 6.67. The van der Waals surface area contributed by atoms with Crippen LogP contribution in [-0.4, -0.2) is 27.3 Å². The lowest BCUT2D eigenvalue weighted by molar-refractivity contribution is 0.102. The molecule has 3 aromatic rings. The topological polar surface area (TPSA) is 99.9 Å². The Labute approximate surface area is 171 Å². The van der Waals surface area contributed by atoms with Gasteiger partial charge in [-0.3, -0.25) is 14.3 Å².